The lowest BCUT2D eigenvalue weighted by Crippen LogP contribution is -2.44. The Morgan fingerprint density at radius 3 is 2.19 bits per heavy atom. The van der Waals surface area contributed by atoms with Gasteiger partial charge in [0.05, 0.1) is 6.04 Å². The largest absolute Gasteiger partial charge is 0.341 e. The molecule has 0 aromatic heterocycles. The van der Waals surface area contributed by atoms with Gasteiger partial charge in [-0.25, -0.2) is 0 Å². The summed E-state index contributed by atoms with van der Waals surface area (Å²) in [5.41, 5.74) is 7.36. The number of hydrogen-bond donors (Lipinski definition) is 1. The summed E-state index contributed by atoms with van der Waals surface area (Å²) >= 11 is 0. The molecule has 1 aromatic rings. The van der Waals surface area contributed by atoms with Crippen LogP contribution >= 0.6 is 0 Å². The van der Waals surface area contributed by atoms with Gasteiger partial charge >= 0.3 is 0 Å². The van der Waals surface area contributed by atoms with Crippen molar-refractivity contribution in [3.8, 4) is 0 Å². The maximum atomic E-state index is 12.5. The molecule has 0 bridgehead atoms. The van der Waals surface area contributed by atoms with E-state index in [9.17, 15) is 4.79 Å². The number of hydrogen-bond acceptors (Lipinski definition) is 2. The Morgan fingerprint density at radius 1 is 1.10 bits per heavy atom. The van der Waals surface area contributed by atoms with Gasteiger partial charge in [0.1, 0.15) is 0 Å². The lowest BCUT2D eigenvalue weighted by Gasteiger charge is -2.25. The van der Waals surface area contributed by atoms with Crippen LogP contribution < -0.4 is 5.73 Å². The van der Waals surface area contributed by atoms with Gasteiger partial charge in [0.15, 0.2) is 0 Å². The molecule has 1 aromatic carbocycles. The minimum absolute atomic E-state index is 0.118. The zero-order valence-electron chi connectivity index (χ0n) is 13.6. The molecule has 0 aliphatic carbocycles. The Bertz CT molecular complexity index is 383. The molecule has 118 valence electrons. The second-order valence-electron chi connectivity index (χ2n) is 5.66. The van der Waals surface area contributed by atoms with E-state index in [1.54, 1.807) is 0 Å². The van der Waals surface area contributed by atoms with Crippen LogP contribution in [0.4, 0.5) is 0 Å². The number of nitrogens with zero attached hydrogens (tertiary/aromatic N) is 1. The van der Waals surface area contributed by atoms with Crippen molar-refractivity contribution in [3.05, 3.63) is 35.9 Å². The van der Waals surface area contributed by atoms with Crippen LogP contribution in [-0.4, -0.2) is 29.9 Å². The van der Waals surface area contributed by atoms with E-state index >= 15 is 0 Å². The van der Waals surface area contributed by atoms with Crippen LogP contribution in [0.1, 0.15) is 51.5 Å². The summed E-state index contributed by atoms with van der Waals surface area (Å²) in [7, 11) is 0. The Morgan fingerprint density at radius 2 is 1.67 bits per heavy atom. The first-order valence-electron chi connectivity index (χ1n) is 8.27. The van der Waals surface area contributed by atoms with E-state index in [0.29, 0.717) is 0 Å². The minimum Gasteiger partial charge on any atom is -0.341 e. The van der Waals surface area contributed by atoms with Gasteiger partial charge in [-0.3, -0.25) is 4.79 Å². The predicted molar refractivity (Wildman–Crippen MR) is 89.1 cm³/mol. The van der Waals surface area contributed by atoms with Gasteiger partial charge in [0.2, 0.25) is 5.91 Å². The van der Waals surface area contributed by atoms with Gasteiger partial charge < -0.3 is 10.6 Å². The van der Waals surface area contributed by atoms with Crippen LogP contribution in [-0.2, 0) is 11.2 Å². The predicted octanol–water partition coefficient (Wildman–Crippen LogP) is 3.38. The van der Waals surface area contributed by atoms with Gasteiger partial charge in [0, 0.05) is 13.1 Å². The first kappa shape index (κ1) is 17.7. The Hall–Kier alpha value is -1.35. The van der Waals surface area contributed by atoms with Gasteiger partial charge in [-0.15, -0.1) is 0 Å². The third kappa shape index (κ3) is 6.76. The Labute approximate surface area is 129 Å². The average molecular weight is 290 g/mol. The van der Waals surface area contributed by atoms with E-state index in [0.717, 1.165) is 51.6 Å². The maximum Gasteiger partial charge on any atom is 0.239 e. The summed E-state index contributed by atoms with van der Waals surface area (Å²) in [6.07, 6.45) is 5.91. The van der Waals surface area contributed by atoms with Gasteiger partial charge in [0.25, 0.3) is 0 Å². The van der Waals surface area contributed by atoms with Crippen molar-refractivity contribution >= 4 is 5.91 Å². The fourth-order valence-electron chi connectivity index (χ4n) is 2.35. The maximum absolute atomic E-state index is 12.5. The van der Waals surface area contributed by atoms with Crippen LogP contribution in [0.15, 0.2) is 30.3 Å². The Balaban J connectivity index is 2.47. The summed E-state index contributed by atoms with van der Waals surface area (Å²) < 4.78 is 0. The van der Waals surface area contributed by atoms with Crippen LogP contribution in [0, 0.1) is 0 Å². The van der Waals surface area contributed by atoms with E-state index in [1.807, 2.05) is 23.1 Å². The van der Waals surface area contributed by atoms with Crippen molar-refractivity contribution < 1.29 is 4.79 Å². The molecular formula is C18H30N2O. The summed E-state index contributed by atoms with van der Waals surface area (Å²) in [6, 6.07) is 9.85. The summed E-state index contributed by atoms with van der Waals surface area (Å²) in [4.78, 5) is 14.4. The molecule has 0 unspecified atom stereocenters. The van der Waals surface area contributed by atoms with Gasteiger partial charge in [-0.1, -0.05) is 57.0 Å². The fraction of sp³-hybridized carbons (Fsp3) is 0.611. The molecule has 3 heteroatoms. The quantitative estimate of drug-likeness (QED) is 0.718. The number of aryl methyl sites for hydroxylation is 1. The molecule has 0 radical (unpaired) electrons. The molecule has 21 heavy (non-hydrogen) atoms. The van der Waals surface area contributed by atoms with Crippen LogP contribution in [0.5, 0.6) is 0 Å². The SMILES string of the molecule is CCCCN(CCCC)C(=O)[C@@H](N)CCc1ccccc1. The highest BCUT2D eigenvalue weighted by Crippen LogP contribution is 2.08. The molecule has 0 spiro atoms. The highest BCUT2D eigenvalue weighted by molar-refractivity contribution is 5.81. The number of amides is 1. The second kappa shape index (κ2) is 10.4. The number of benzene rings is 1. The molecule has 0 heterocycles. The lowest BCUT2D eigenvalue weighted by molar-refractivity contribution is -0.132. The smallest absolute Gasteiger partial charge is 0.239 e. The number of unbranched alkanes of at least 4 members (excludes halogenated alkanes) is 2. The number of rotatable bonds is 10. The molecule has 2 N–H and O–H groups in total. The molecule has 0 saturated heterocycles. The second-order valence-corrected chi connectivity index (χ2v) is 5.66. The molecule has 0 saturated carbocycles. The van der Waals surface area contributed by atoms with Crippen LogP contribution in [0.2, 0.25) is 0 Å². The van der Waals surface area contributed by atoms with Crippen molar-refractivity contribution in [2.75, 3.05) is 13.1 Å². The first-order valence-corrected chi connectivity index (χ1v) is 8.27. The molecule has 0 aliphatic heterocycles. The van der Waals surface area contributed by atoms with Crippen molar-refractivity contribution in [3.63, 3.8) is 0 Å². The van der Waals surface area contributed by atoms with Gasteiger partial charge in [-0.2, -0.15) is 0 Å². The van der Waals surface area contributed by atoms with E-state index < -0.39 is 0 Å². The molecule has 1 atom stereocenters. The average Bonchev–Trinajstić information content (AvgIpc) is 2.53. The van der Waals surface area contributed by atoms with E-state index in [4.69, 9.17) is 5.73 Å². The molecule has 0 fully saturated rings. The van der Waals surface area contributed by atoms with Crippen molar-refractivity contribution in [2.24, 2.45) is 5.73 Å². The fourth-order valence-corrected chi connectivity index (χ4v) is 2.35. The van der Waals surface area contributed by atoms with Gasteiger partial charge in [-0.05, 0) is 31.2 Å². The van der Waals surface area contributed by atoms with Crippen molar-refractivity contribution in [2.45, 2.75) is 58.4 Å². The Kier molecular flexibility index (Phi) is 8.76. The monoisotopic (exact) mass is 290 g/mol. The summed E-state index contributed by atoms with van der Waals surface area (Å²) in [5, 5.41) is 0. The molecular weight excluding hydrogens is 260 g/mol. The zero-order valence-corrected chi connectivity index (χ0v) is 13.6. The highest BCUT2D eigenvalue weighted by Gasteiger charge is 2.19. The summed E-state index contributed by atoms with van der Waals surface area (Å²) in [6.45, 7) is 5.98. The molecule has 0 aliphatic rings. The molecule has 3 nitrogen and oxygen atoms in total. The first-order chi connectivity index (χ1) is 10.2. The number of carbonyl (C=O) groups excluding carboxylic acids is 1. The summed E-state index contributed by atoms with van der Waals surface area (Å²) in [5.74, 6) is 0.118. The topological polar surface area (TPSA) is 46.3 Å². The normalized spacial score (nSPS) is 12.1. The lowest BCUT2D eigenvalue weighted by atomic mass is 10.0. The van der Waals surface area contributed by atoms with Crippen molar-refractivity contribution in [1.29, 1.82) is 0 Å². The third-order valence-electron chi connectivity index (χ3n) is 3.78. The minimum atomic E-state index is -0.376. The molecule has 1 rings (SSSR count). The number of nitrogens with two attached hydrogens (primary N) is 1. The third-order valence-corrected chi connectivity index (χ3v) is 3.78. The number of carbonyl (C=O) groups is 1. The van der Waals surface area contributed by atoms with Crippen LogP contribution in [0.25, 0.3) is 0 Å². The van der Waals surface area contributed by atoms with Crippen LogP contribution in [0.3, 0.4) is 0 Å². The van der Waals surface area contributed by atoms with E-state index in [2.05, 4.69) is 26.0 Å². The standard InChI is InChI=1S/C18H30N2O/c1-3-5-14-20(15-6-4-2)18(21)17(19)13-12-16-10-8-7-9-11-16/h7-11,17H,3-6,12-15,19H2,1-2H3/t17-/m0/s1. The van der Waals surface area contributed by atoms with Crippen molar-refractivity contribution in [1.82, 2.24) is 4.90 Å². The van der Waals surface area contributed by atoms with E-state index in [1.165, 1.54) is 5.56 Å². The molecule has 1 amide bonds. The highest BCUT2D eigenvalue weighted by atomic mass is 16.2. The van der Waals surface area contributed by atoms with E-state index in [-0.39, 0.29) is 11.9 Å². The zero-order chi connectivity index (χ0) is 15.5.